The Kier molecular flexibility index (Phi) is 6.96. The molecule has 0 radical (unpaired) electrons. The monoisotopic (exact) mass is 309 g/mol. The molecule has 6 nitrogen and oxygen atoms in total. The van der Waals surface area contributed by atoms with Gasteiger partial charge in [0.15, 0.2) is 5.96 Å². The fourth-order valence-electron chi connectivity index (χ4n) is 3.39. The smallest absolute Gasteiger partial charge is 0.241 e. The first kappa shape index (κ1) is 17.1. The maximum absolute atomic E-state index is 12.1. The summed E-state index contributed by atoms with van der Waals surface area (Å²) >= 11 is 0. The number of carbonyl (C=O) groups is 1. The lowest BCUT2D eigenvalue weighted by Gasteiger charge is -2.27. The molecule has 1 unspecified atom stereocenters. The molecule has 1 amide bonds. The van der Waals surface area contributed by atoms with Crippen molar-refractivity contribution in [3.05, 3.63) is 0 Å². The molecule has 0 saturated carbocycles. The molecule has 2 aliphatic rings. The number of nitrogens with one attached hydrogen (secondary N) is 2. The lowest BCUT2D eigenvalue weighted by Crippen LogP contribution is -2.48. The van der Waals surface area contributed by atoms with Crippen LogP contribution >= 0.6 is 0 Å². The number of likely N-dealkylation sites (tertiary alicyclic amines) is 2. The van der Waals surface area contributed by atoms with Gasteiger partial charge in [-0.05, 0) is 45.2 Å². The number of amides is 1. The Labute approximate surface area is 134 Å². The van der Waals surface area contributed by atoms with Gasteiger partial charge in [0.2, 0.25) is 5.91 Å². The number of piperidine rings is 1. The van der Waals surface area contributed by atoms with Crippen LogP contribution in [-0.4, -0.2) is 74.0 Å². The van der Waals surface area contributed by atoms with Gasteiger partial charge >= 0.3 is 0 Å². The molecule has 1 atom stereocenters. The van der Waals surface area contributed by atoms with Crippen molar-refractivity contribution in [2.24, 2.45) is 4.99 Å². The van der Waals surface area contributed by atoms with Gasteiger partial charge in [0, 0.05) is 32.7 Å². The van der Waals surface area contributed by atoms with Crippen LogP contribution in [0.15, 0.2) is 4.99 Å². The number of likely N-dealkylation sites (N-methyl/N-ethyl adjacent to an activating group) is 1. The molecule has 0 spiro atoms. The first-order valence-electron chi connectivity index (χ1n) is 8.71. The van der Waals surface area contributed by atoms with Gasteiger partial charge in [0.05, 0.1) is 6.54 Å². The van der Waals surface area contributed by atoms with E-state index in [1.54, 1.807) is 7.05 Å². The van der Waals surface area contributed by atoms with E-state index >= 15 is 0 Å². The minimum absolute atomic E-state index is 0.179. The number of carbonyl (C=O) groups excluding carboxylic acids is 1. The molecule has 2 saturated heterocycles. The SMILES string of the molecule is CCN1CCCC1CNC(=NC)NCC(=O)N1CCCCC1. The van der Waals surface area contributed by atoms with E-state index in [2.05, 4.69) is 27.4 Å². The molecule has 126 valence electrons. The minimum Gasteiger partial charge on any atom is -0.355 e. The molecule has 6 heteroatoms. The van der Waals surface area contributed by atoms with E-state index in [0.717, 1.165) is 45.0 Å². The van der Waals surface area contributed by atoms with E-state index < -0.39 is 0 Å². The van der Waals surface area contributed by atoms with Crippen molar-refractivity contribution in [2.45, 2.75) is 45.1 Å². The molecule has 0 aromatic rings. The molecular formula is C16H31N5O. The van der Waals surface area contributed by atoms with Gasteiger partial charge in [-0.1, -0.05) is 6.92 Å². The minimum atomic E-state index is 0.179. The Morgan fingerprint density at radius 3 is 2.59 bits per heavy atom. The maximum Gasteiger partial charge on any atom is 0.241 e. The largest absolute Gasteiger partial charge is 0.355 e. The number of rotatable bonds is 5. The highest BCUT2D eigenvalue weighted by Crippen LogP contribution is 2.15. The predicted octanol–water partition coefficient (Wildman–Crippen LogP) is 0.648. The quantitative estimate of drug-likeness (QED) is 0.578. The zero-order valence-corrected chi connectivity index (χ0v) is 14.1. The van der Waals surface area contributed by atoms with Crippen LogP contribution in [0.2, 0.25) is 0 Å². The molecule has 2 fully saturated rings. The van der Waals surface area contributed by atoms with Crippen molar-refractivity contribution in [1.29, 1.82) is 0 Å². The Bertz CT molecular complexity index is 379. The highest BCUT2D eigenvalue weighted by molar-refractivity contribution is 5.86. The van der Waals surface area contributed by atoms with E-state index in [-0.39, 0.29) is 5.91 Å². The molecule has 2 rings (SSSR count). The molecule has 0 aromatic heterocycles. The molecule has 0 bridgehead atoms. The number of aliphatic imine (C=N–C) groups is 1. The molecule has 0 aliphatic carbocycles. The average molecular weight is 309 g/mol. The summed E-state index contributed by atoms with van der Waals surface area (Å²) in [6.45, 7) is 7.55. The molecule has 22 heavy (non-hydrogen) atoms. The molecule has 2 heterocycles. The van der Waals surface area contributed by atoms with E-state index in [9.17, 15) is 4.79 Å². The standard InChI is InChI=1S/C16H31N5O/c1-3-20-11-7-8-14(20)12-18-16(17-2)19-13-15(22)21-9-5-4-6-10-21/h14H,3-13H2,1-2H3,(H2,17,18,19). The zero-order valence-electron chi connectivity index (χ0n) is 14.1. The van der Waals surface area contributed by atoms with Crippen molar-refractivity contribution in [1.82, 2.24) is 20.4 Å². The first-order chi connectivity index (χ1) is 10.7. The van der Waals surface area contributed by atoms with Crippen molar-refractivity contribution < 1.29 is 4.79 Å². The second kappa shape index (κ2) is 8.98. The van der Waals surface area contributed by atoms with Crippen LogP contribution in [0.5, 0.6) is 0 Å². The van der Waals surface area contributed by atoms with Crippen molar-refractivity contribution in [2.75, 3.05) is 46.3 Å². The summed E-state index contributed by atoms with van der Waals surface area (Å²) < 4.78 is 0. The van der Waals surface area contributed by atoms with Gasteiger partial charge in [-0.15, -0.1) is 0 Å². The summed E-state index contributed by atoms with van der Waals surface area (Å²) in [5.74, 6) is 0.909. The predicted molar refractivity (Wildman–Crippen MR) is 90.1 cm³/mol. The normalized spacial score (nSPS) is 23.6. The van der Waals surface area contributed by atoms with E-state index in [4.69, 9.17) is 0 Å². The van der Waals surface area contributed by atoms with Crippen molar-refractivity contribution >= 4 is 11.9 Å². The third kappa shape index (κ3) is 4.87. The van der Waals surface area contributed by atoms with Gasteiger partial charge in [0.25, 0.3) is 0 Å². The van der Waals surface area contributed by atoms with E-state index in [1.165, 1.54) is 25.8 Å². The highest BCUT2D eigenvalue weighted by atomic mass is 16.2. The Morgan fingerprint density at radius 1 is 1.14 bits per heavy atom. The van der Waals surface area contributed by atoms with Gasteiger partial charge in [-0.25, -0.2) is 0 Å². The summed E-state index contributed by atoms with van der Waals surface area (Å²) in [4.78, 5) is 20.8. The summed E-state index contributed by atoms with van der Waals surface area (Å²) in [5.41, 5.74) is 0. The Balaban J connectivity index is 1.69. The number of hydrogen-bond acceptors (Lipinski definition) is 3. The number of nitrogens with zero attached hydrogens (tertiary/aromatic N) is 3. The zero-order chi connectivity index (χ0) is 15.8. The average Bonchev–Trinajstić information content (AvgIpc) is 3.03. The van der Waals surface area contributed by atoms with Crippen LogP contribution in [0.3, 0.4) is 0 Å². The van der Waals surface area contributed by atoms with Crippen LogP contribution in [-0.2, 0) is 4.79 Å². The lowest BCUT2D eigenvalue weighted by molar-refractivity contribution is -0.130. The fraction of sp³-hybridized carbons (Fsp3) is 0.875. The number of guanidine groups is 1. The second-order valence-electron chi connectivity index (χ2n) is 6.17. The maximum atomic E-state index is 12.1. The topological polar surface area (TPSA) is 60.0 Å². The second-order valence-corrected chi connectivity index (χ2v) is 6.17. The third-order valence-corrected chi connectivity index (χ3v) is 4.75. The van der Waals surface area contributed by atoms with Crippen molar-refractivity contribution in [3.63, 3.8) is 0 Å². The molecule has 0 aromatic carbocycles. The van der Waals surface area contributed by atoms with Gasteiger partial charge in [-0.3, -0.25) is 14.7 Å². The molecular weight excluding hydrogens is 278 g/mol. The summed E-state index contributed by atoms with van der Waals surface area (Å²) in [5, 5.41) is 6.51. The van der Waals surface area contributed by atoms with E-state index in [1.807, 2.05) is 4.90 Å². The summed E-state index contributed by atoms with van der Waals surface area (Å²) in [6.07, 6.45) is 6.03. The summed E-state index contributed by atoms with van der Waals surface area (Å²) in [7, 11) is 1.76. The number of hydrogen-bond donors (Lipinski definition) is 2. The highest BCUT2D eigenvalue weighted by Gasteiger charge is 2.23. The third-order valence-electron chi connectivity index (χ3n) is 4.75. The molecule has 2 aliphatic heterocycles. The van der Waals surface area contributed by atoms with E-state index in [0.29, 0.717) is 12.6 Å². The first-order valence-corrected chi connectivity index (χ1v) is 8.71. The van der Waals surface area contributed by atoms with Gasteiger partial charge in [0.1, 0.15) is 0 Å². The van der Waals surface area contributed by atoms with Crippen LogP contribution in [0.25, 0.3) is 0 Å². The molecule has 2 N–H and O–H groups in total. The van der Waals surface area contributed by atoms with Crippen molar-refractivity contribution in [3.8, 4) is 0 Å². The van der Waals surface area contributed by atoms with Crippen LogP contribution in [0.1, 0.15) is 39.0 Å². The lowest BCUT2D eigenvalue weighted by atomic mass is 10.1. The Morgan fingerprint density at radius 2 is 1.91 bits per heavy atom. The van der Waals surface area contributed by atoms with Gasteiger partial charge in [-0.2, -0.15) is 0 Å². The Hall–Kier alpha value is -1.30. The van der Waals surface area contributed by atoms with Crippen LogP contribution in [0, 0.1) is 0 Å². The fourth-order valence-corrected chi connectivity index (χ4v) is 3.39. The summed E-state index contributed by atoms with van der Waals surface area (Å²) in [6, 6.07) is 0.585. The van der Waals surface area contributed by atoms with Gasteiger partial charge < -0.3 is 15.5 Å². The van der Waals surface area contributed by atoms with Crippen LogP contribution < -0.4 is 10.6 Å². The van der Waals surface area contributed by atoms with Crippen LogP contribution in [0.4, 0.5) is 0 Å².